The van der Waals surface area contributed by atoms with E-state index >= 15 is 0 Å². The molecule has 1 amide bonds. The Balaban J connectivity index is 1.60. The Kier molecular flexibility index (Phi) is 5.76. The molecule has 0 fully saturated rings. The van der Waals surface area contributed by atoms with Gasteiger partial charge in [-0.1, -0.05) is 23.7 Å². The van der Waals surface area contributed by atoms with Crippen molar-refractivity contribution < 1.29 is 4.79 Å². The van der Waals surface area contributed by atoms with Gasteiger partial charge >= 0.3 is 0 Å². The van der Waals surface area contributed by atoms with Gasteiger partial charge in [0.1, 0.15) is 6.54 Å². The molecule has 0 spiro atoms. The monoisotopic (exact) mass is 368 g/mol. The maximum absolute atomic E-state index is 12.1. The van der Waals surface area contributed by atoms with E-state index in [1.807, 2.05) is 24.3 Å². The molecule has 6 nitrogen and oxygen atoms in total. The van der Waals surface area contributed by atoms with E-state index < -0.39 is 0 Å². The summed E-state index contributed by atoms with van der Waals surface area (Å²) in [4.78, 5) is 28.0. The molecular formula is C19H17ClN4O2. The zero-order valence-electron chi connectivity index (χ0n) is 13.9. The zero-order chi connectivity index (χ0) is 18.4. The first-order chi connectivity index (χ1) is 12.6. The molecule has 0 aliphatic carbocycles. The van der Waals surface area contributed by atoms with Crippen LogP contribution in [0.15, 0.2) is 65.7 Å². The Labute approximate surface area is 155 Å². The fraction of sp³-hybridized carbons (Fsp3) is 0.158. The molecule has 0 radical (unpaired) electrons. The fourth-order valence-corrected chi connectivity index (χ4v) is 2.55. The molecule has 1 N–H and O–H groups in total. The van der Waals surface area contributed by atoms with Gasteiger partial charge in [0, 0.05) is 35.6 Å². The number of carbonyl (C=O) groups is 1. The van der Waals surface area contributed by atoms with Crippen LogP contribution < -0.4 is 10.9 Å². The standard InChI is InChI=1S/C19H17ClN4O2/c20-16-3-1-14(2-4-16)7-12-22-18(25)13-24-19(26)6-5-17(23-24)15-8-10-21-11-9-15/h1-6,8-11H,7,12-13H2,(H,22,25). The van der Waals surface area contributed by atoms with Crippen molar-refractivity contribution in [2.75, 3.05) is 6.54 Å². The lowest BCUT2D eigenvalue weighted by molar-refractivity contribution is -0.121. The molecule has 0 unspecified atom stereocenters. The Morgan fingerprint density at radius 2 is 1.77 bits per heavy atom. The highest BCUT2D eigenvalue weighted by atomic mass is 35.5. The first-order valence-corrected chi connectivity index (χ1v) is 8.49. The lowest BCUT2D eigenvalue weighted by Gasteiger charge is -2.08. The summed E-state index contributed by atoms with van der Waals surface area (Å²) < 4.78 is 1.16. The second kappa shape index (κ2) is 8.40. The lowest BCUT2D eigenvalue weighted by atomic mass is 10.1. The van der Waals surface area contributed by atoms with Crippen LogP contribution in [-0.4, -0.2) is 27.2 Å². The number of benzene rings is 1. The van der Waals surface area contributed by atoms with Crippen molar-refractivity contribution in [3.63, 3.8) is 0 Å². The van der Waals surface area contributed by atoms with E-state index in [1.54, 1.807) is 30.6 Å². The van der Waals surface area contributed by atoms with Gasteiger partial charge in [0.15, 0.2) is 0 Å². The minimum absolute atomic E-state index is 0.127. The molecule has 26 heavy (non-hydrogen) atoms. The molecule has 7 heteroatoms. The van der Waals surface area contributed by atoms with E-state index in [9.17, 15) is 9.59 Å². The molecule has 2 aromatic heterocycles. The number of aromatic nitrogens is 3. The number of rotatable bonds is 6. The third-order valence-corrected chi connectivity index (χ3v) is 4.04. The predicted molar refractivity (Wildman–Crippen MR) is 99.9 cm³/mol. The molecule has 132 valence electrons. The van der Waals surface area contributed by atoms with Gasteiger partial charge in [-0.05, 0) is 42.3 Å². The highest BCUT2D eigenvalue weighted by Gasteiger charge is 2.08. The van der Waals surface area contributed by atoms with Gasteiger partial charge in [-0.2, -0.15) is 5.10 Å². The van der Waals surface area contributed by atoms with Crippen LogP contribution in [0.25, 0.3) is 11.3 Å². The first-order valence-electron chi connectivity index (χ1n) is 8.11. The number of nitrogens with zero attached hydrogens (tertiary/aromatic N) is 3. The van der Waals surface area contributed by atoms with Crippen LogP contribution >= 0.6 is 11.6 Å². The van der Waals surface area contributed by atoms with E-state index in [0.717, 1.165) is 15.8 Å². The summed E-state index contributed by atoms with van der Waals surface area (Å²) in [5, 5.41) is 7.74. The van der Waals surface area contributed by atoms with Gasteiger partial charge < -0.3 is 5.32 Å². The molecule has 0 atom stereocenters. The highest BCUT2D eigenvalue weighted by molar-refractivity contribution is 6.30. The van der Waals surface area contributed by atoms with Gasteiger partial charge in [0.2, 0.25) is 5.91 Å². The molecule has 0 saturated heterocycles. The van der Waals surface area contributed by atoms with Crippen LogP contribution in [0.4, 0.5) is 0 Å². The third kappa shape index (κ3) is 4.77. The van der Waals surface area contributed by atoms with E-state index in [2.05, 4.69) is 15.4 Å². The molecule has 0 aliphatic heterocycles. The van der Waals surface area contributed by atoms with Gasteiger partial charge in [-0.25, -0.2) is 4.68 Å². The largest absolute Gasteiger partial charge is 0.354 e. The molecule has 3 aromatic rings. The predicted octanol–water partition coefficient (Wildman–Crippen LogP) is 2.32. The first kappa shape index (κ1) is 17.8. The van der Waals surface area contributed by atoms with Crippen LogP contribution in [0.2, 0.25) is 5.02 Å². The molecule has 3 rings (SSSR count). The number of amides is 1. The van der Waals surface area contributed by atoms with E-state index in [0.29, 0.717) is 23.7 Å². The van der Waals surface area contributed by atoms with E-state index in [-0.39, 0.29) is 18.0 Å². The molecule has 0 bridgehead atoms. The van der Waals surface area contributed by atoms with Crippen LogP contribution in [-0.2, 0) is 17.8 Å². The number of hydrogen-bond donors (Lipinski definition) is 1. The SMILES string of the molecule is O=C(Cn1nc(-c2ccncc2)ccc1=O)NCCc1ccc(Cl)cc1. The molecule has 2 heterocycles. The lowest BCUT2D eigenvalue weighted by Crippen LogP contribution is -2.34. The van der Waals surface area contributed by atoms with Gasteiger partial charge in [0.25, 0.3) is 5.56 Å². The summed E-state index contributed by atoms with van der Waals surface area (Å²) in [5.74, 6) is -0.263. The summed E-state index contributed by atoms with van der Waals surface area (Å²) in [6.07, 6.45) is 3.98. The van der Waals surface area contributed by atoms with Gasteiger partial charge in [-0.3, -0.25) is 14.6 Å². The van der Waals surface area contributed by atoms with Crippen molar-refractivity contribution in [1.29, 1.82) is 0 Å². The minimum Gasteiger partial charge on any atom is -0.354 e. The van der Waals surface area contributed by atoms with Gasteiger partial charge in [0.05, 0.1) is 5.69 Å². The third-order valence-electron chi connectivity index (χ3n) is 3.79. The van der Waals surface area contributed by atoms with Crippen molar-refractivity contribution >= 4 is 17.5 Å². The van der Waals surface area contributed by atoms with E-state index in [4.69, 9.17) is 11.6 Å². The van der Waals surface area contributed by atoms with Crippen LogP contribution in [0, 0.1) is 0 Å². The van der Waals surface area contributed by atoms with Crippen LogP contribution in [0.5, 0.6) is 0 Å². The van der Waals surface area contributed by atoms with Gasteiger partial charge in [-0.15, -0.1) is 0 Å². The van der Waals surface area contributed by atoms with Crippen LogP contribution in [0.3, 0.4) is 0 Å². The number of hydrogen-bond acceptors (Lipinski definition) is 4. The van der Waals surface area contributed by atoms with Crippen molar-refractivity contribution in [2.24, 2.45) is 0 Å². The summed E-state index contributed by atoms with van der Waals surface area (Å²) in [6.45, 7) is 0.345. The normalized spacial score (nSPS) is 10.5. The Morgan fingerprint density at radius 3 is 2.50 bits per heavy atom. The summed E-state index contributed by atoms with van der Waals surface area (Å²) in [7, 11) is 0. The maximum atomic E-state index is 12.1. The van der Waals surface area contributed by atoms with Crippen LogP contribution in [0.1, 0.15) is 5.56 Å². The molecule has 0 aliphatic rings. The average Bonchev–Trinajstić information content (AvgIpc) is 2.66. The Morgan fingerprint density at radius 1 is 1.04 bits per heavy atom. The minimum atomic E-state index is -0.323. The highest BCUT2D eigenvalue weighted by Crippen LogP contribution is 2.13. The quantitative estimate of drug-likeness (QED) is 0.724. The zero-order valence-corrected chi connectivity index (χ0v) is 14.7. The Hall–Kier alpha value is -2.99. The number of halogens is 1. The average molecular weight is 369 g/mol. The van der Waals surface area contributed by atoms with Crippen molar-refractivity contribution in [3.8, 4) is 11.3 Å². The topological polar surface area (TPSA) is 76.9 Å². The second-order valence-electron chi connectivity index (χ2n) is 5.68. The van der Waals surface area contributed by atoms with Crippen molar-refractivity contribution in [1.82, 2.24) is 20.1 Å². The molecule has 0 saturated carbocycles. The smallest absolute Gasteiger partial charge is 0.267 e. The van der Waals surface area contributed by atoms with Crippen molar-refractivity contribution in [3.05, 3.63) is 81.9 Å². The number of nitrogens with one attached hydrogen (secondary N) is 1. The van der Waals surface area contributed by atoms with E-state index in [1.165, 1.54) is 6.07 Å². The fourth-order valence-electron chi connectivity index (χ4n) is 2.43. The number of pyridine rings is 1. The maximum Gasteiger partial charge on any atom is 0.267 e. The summed E-state index contributed by atoms with van der Waals surface area (Å²) in [6, 6.07) is 14.1. The van der Waals surface area contributed by atoms with Crippen molar-refractivity contribution in [2.45, 2.75) is 13.0 Å². The molecular weight excluding hydrogens is 352 g/mol. The summed E-state index contributed by atoms with van der Waals surface area (Å²) in [5.41, 5.74) is 2.19. The Bertz CT molecular complexity index is 940. The number of carbonyl (C=O) groups excluding carboxylic acids is 1. The second-order valence-corrected chi connectivity index (χ2v) is 6.11. The molecule has 1 aromatic carbocycles. The summed E-state index contributed by atoms with van der Waals surface area (Å²) >= 11 is 5.85.